The lowest BCUT2D eigenvalue weighted by Crippen LogP contribution is -2.11. The first kappa shape index (κ1) is 19.8. The average Bonchev–Trinajstić information content (AvgIpc) is 3.56. The van der Waals surface area contributed by atoms with E-state index in [0.29, 0.717) is 29.3 Å². The number of pyridine rings is 1. The highest BCUT2D eigenvalue weighted by Gasteiger charge is 2.21. The summed E-state index contributed by atoms with van der Waals surface area (Å²) in [5.41, 5.74) is 4.71. The second kappa shape index (κ2) is 8.52. The number of nitrogens with one attached hydrogen (secondary N) is 2. The number of hydrogen-bond donors (Lipinski definition) is 2. The highest BCUT2D eigenvalue weighted by atomic mass is 16.1. The van der Waals surface area contributed by atoms with Gasteiger partial charge in [-0.25, -0.2) is 4.52 Å². The summed E-state index contributed by atoms with van der Waals surface area (Å²) in [6, 6.07) is 21.1. The van der Waals surface area contributed by atoms with Crippen molar-refractivity contribution in [3.05, 3.63) is 72.4 Å². The van der Waals surface area contributed by atoms with E-state index in [4.69, 9.17) is 0 Å². The van der Waals surface area contributed by atoms with Gasteiger partial charge in [0.05, 0.1) is 11.3 Å². The predicted molar refractivity (Wildman–Crippen MR) is 123 cm³/mol. The van der Waals surface area contributed by atoms with E-state index in [1.54, 1.807) is 10.6 Å². The fourth-order valence-corrected chi connectivity index (χ4v) is 3.63. The van der Waals surface area contributed by atoms with E-state index in [1.165, 1.54) is 12.8 Å². The Balaban J connectivity index is 1.30. The zero-order valence-electron chi connectivity index (χ0n) is 17.5. The summed E-state index contributed by atoms with van der Waals surface area (Å²) in [5.74, 6) is 1.26. The number of fused-ring (bicyclic) bond motifs is 1. The van der Waals surface area contributed by atoms with Gasteiger partial charge in [-0.3, -0.25) is 4.79 Å². The van der Waals surface area contributed by atoms with E-state index < -0.39 is 0 Å². The van der Waals surface area contributed by atoms with Crippen molar-refractivity contribution in [2.75, 3.05) is 10.6 Å². The van der Waals surface area contributed by atoms with Gasteiger partial charge < -0.3 is 10.6 Å². The second-order valence-corrected chi connectivity index (χ2v) is 8.05. The molecule has 1 aliphatic rings. The van der Waals surface area contributed by atoms with Crippen LogP contribution in [0.1, 0.15) is 31.2 Å². The summed E-state index contributed by atoms with van der Waals surface area (Å²) >= 11 is 0. The quantitative estimate of drug-likeness (QED) is 0.430. The van der Waals surface area contributed by atoms with Crippen molar-refractivity contribution >= 4 is 28.9 Å². The van der Waals surface area contributed by atoms with Crippen LogP contribution >= 0.6 is 0 Å². The molecule has 1 aliphatic carbocycles. The Hall–Kier alpha value is -4.18. The van der Waals surface area contributed by atoms with Gasteiger partial charge in [-0.2, -0.15) is 10.2 Å². The van der Waals surface area contributed by atoms with Gasteiger partial charge in [-0.1, -0.05) is 37.1 Å². The lowest BCUT2D eigenvalue weighted by molar-refractivity contribution is -0.116. The Bertz CT molecular complexity index is 1310. The van der Waals surface area contributed by atoms with Crippen LogP contribution in [0.2, 0.25) is 0 Å². The number of anilines is 3. The van der Waals surface area contributed by atoms with Gasteiger partial charge >= 0.3 is 0 Å². The Morgan fingerprint density at radius 3 is 2.62 bits per heavy atom. The third-order valence-electron chi connectivity index (χ3n) is 5.60. The summed E-state index contributed by atoms with van der Waals surface area (Å²) in [4.78, 5) is 16.5. The van der Waals surface area contributed by atoms with Crippen LogP contribution in [-0.2, 0) is 4.79 Å². The molecule has 5 rings (SSSR count). The minimum atomic E-state index is 0.0756. The smallest absolute Gasteiger partial charge is 0.247 e. The van der Waals surface area contributed by atoms with Crippen molar-refractivity contribution < 1.29 is 4.79 Å². The molecule has 2 heterocycles. The predicted octanol–water partition coefficient (Wildman–Crippen LogP) is 5.14. The van der Waals surface area contributed by atoms with Crippen molar-refractivity contribution in [1.82, 2.24) is 14.6 Å². The number of aromatic nitrogens is 3. The van der Waals surface area contributed by atoms with Crippen molar-refractivity contribution in [1.29, 1.82) is 5.26 Å². The van der Waals surface area contributed by atoms with Gasteiger partial charge in [0.1, 0.15) is 6.07 Å². The molecule has 0 unspecified atom stereocenters. The molecule has 4 aromatic rings. The van der Waals surface area contributed by atoms with Crippen LogP contribution < -0.4 is 10.6 Å². The van der Waals surface area contributed by atoms with E-state index in [2.05, 4.69) is 26.8 Å². The first-order valence-electron chi connectivity index (χ1n) is 10.7. The van der Waals surface area contributed by atoms with Crippen LogP contribution in [-0.4, -0.2) is 20.5 Å². The monoisotopic (exact) mass is 422 g/mol. The molecule has 1 fully saturated rings. The van der Waals surface area contributed by atoms with Crippen LogP contribution in [0.25, 0.3) is 16.8 Å². The molecule has 0 radical (unpaired) electrons. The molecule has 0 spiro atoms. The number of carbonyl (C=O) groups excluding carboxylic acids is 1. The number of para-hydroxylation sites is 1. The molecule has 2 N–H and O–H groups in total. The first-order valence-corrected chi connectivity index (χ1v) is 10.7. The number of benzene rings is 2. The number of nitriles is 1. The van der Waals surface area contributed by atoms with Crippen molar-refractivity contribution in [2.45, 2.75) is 25.7 Å². The Labute approximate surface area is 185 Å². The fourth-order valence-electron chi connectivity index (χ4n) is 3.63. The topological polar surface area (TPSA) is 95.1 Å². The zero-order valence-corrected chi connectivity index (χ0v) is 17.5. The number of hydrogen-bond acceptors (Lipinski definition) is 5. The highest BCUT2D eigenvalue weighted by Crippen LogP contribution is 2.33. The standard InChI is InChI=1S/C25H22N6O/c26-15-19-3-1-2-4-22(19)28-25-29-23-13-10-20(16-31(23)30-25)18-8-11-21(12-9-18)27-24(32)14-7-17-5-6-17/h1-4,8-13,16-17H,5-7,14H2,(H,27,32)(H,28,30). The molecular formula is C25H22N6O. The van der Waals surface area contributed by atoms with E-state index in [-0.39, 0.29) is 5.91 Å². The van der Waals surface area contributed by atoms with Gasteiger partial charge in [0, 0.05) is 23.9 Å². The molecule has 2 aromatic heterocycles. The van der Waals surface area contributed by atoms with E-state index in [9.17, 15) is 10.1 Å². The molecule has 1 amide bonds. The average molecular weight is 422 g/mol. The highest BCUT2D eigenvalue weighted by molar-refractivity contribution is 5.91. The fraction of sp³-hybridized carbons (Fsp3) is 0.200. The summed E-state index contributed by atoms with van der Waals surface area (Å²) in [6.07, 6.45) is 6.02. The van der Waals surface area contributed by atoms with Crippen molar-refractivity contribution in [3.63, 3.8) is 0 Å². The molecule has 7 nitrogen and oxygen atoms in total. The molecule has 7 heteroatoms. The molecule has 0 aliphatic heterocycles. The second-order valence-electron chi connectivity index (χ2n) is 8.05. The maximum Gasteiger partial charge on any atom is 0.247 e. The summed E-state index contributed by atoms with van der Waals surface area (Å²) in [5, 5.41) is 19.8. The van der Waals surface area contributed by atoms with Crippen molar-refractivity contribution in [2.24, 2.45) is 5.92 Å². The van der Waals surface area contributed by atoms with Gasteiger partial charge in [-0.05, 0) is 54.3 Å². The molecule has 0 atom stereocenters. The van der Waals surface area contributed by atoms with Crippen LogP contribution in [0, 0.1) is 17.2 Å². The number of carbonyl (C=O) groups is 1. The normalized spacial score (nSPS) is 13.0. The zero-order chi connectivity index (χ0) is 21.9. The van der Waals surface area contributed by atoms with Gasteiger partial charge in [0.15, 0.2) is 5.65 Å². The Morgan fingerprint density at radius 1 is 1.06 bits per heavy atom. The van der Waals surface area contributed by atoms with Crippen LogP contribution in [0.3, 0.4) is 0 Å². The largest absolute Gasteiger partial charge is 0.326 e. The van der Waals surface area contributed by atoms with Crippen LogP contribution in [0.4, 0.5) is 17.3 Å². The maximum absolute atomic E-state index is 12.1. The molecule has 32 heavy (non-hydrogen) atoms. The van der Waals surface area contributed by atoms with Gasteiger partial charge in [0.25, 0.3) is 0 Å². The summed E-state index contributed by atoms with van der Waals surface area (Å²) in [6.45, 7) is 0. The summed E-state index contributed by atoms with van der Waals surface area (Å²) < 4.78 is 1.71. The maximum atomic E-state index is 12.1. The number of nitrogens with zero attached hydrogens (tertiary/aromatic N) is 4. The molecule has 0 saturated heterocycles. The lowest BCUT2D eigenvalue weighted by Gasteiger charge is -2.07. The van der Waals surface area contributed by atoms with Crippen LogP contribution in [0.15, 0.2) is 66.9 Å². The van der Waals surface area contributed by atoms with Gasteiger partial charge in [-0.15, -0.1) is 5.10 Å². The number of rotatable bonds is 7. The van der Waals surface area contributed by atoms with E-state index in [0.717, 1.165) is 29.2 Å². The first-order chi connectivity index (χ1) is 15.7. The third-order valence-corrected chi connectivity index (χ3v) is 5.60. The molecule has 2 aromatic carbocycles. The third kappa shape index (κ3) is 4.44. The van der Waals surface area contributed by atoms with Gasteiger partial charge in [0.2, 0.25) is 11.9 Å². The number of amides is 1. The van der Waals surface area contributed by atoms with Crippen molar-refractivity contribution in [3.8, 4) is 17.2 Å². The Kier molecular flexibility index (Phi) is 5.26. The van der Waals surface area contributed by atoms with Crippen LogP contribution in [0.5, 0.6) is 0 Å². The molecule has 1 saturated carbocycles. The molecule has 0 bridgehead atoms. The van der Waals surface area contributed by atoms with E-state index >= 15 is 0 Å². The molecular weight excluding hydrogens is 400 g/mol. The summed E-state index contributed by atoms with van der Waals surface area (Å²) in [7, 11) is 0. The van der Waals surface area contributed by atoms with E-state index in [1.807, 2.05) is 60.8 Å². The lowest BCUT2D eigenvalue weighted by atomic mass is 10.1. The molecule has 158 valence electrons. The Morgan fingerprint density at radius 2 is 1.84 bits per heavy atom. The minimum absolute atomic E-state index is 0.0756. The minimum Gasteiger partial charge on any atom is -0.326 e. The SMILES string of the molecule is N#Cc1ccccc1Nc1nc2ccc(-c3ccc(NC(=O)CCC4CC4)cc3)cn2n1.